The molecular weight excluding hydrogens is 226 g/mol. The first-order valence-electron chi connectivity index (χ1n) is 6.63. The fourth-order valence-electron chi connectivity index (χ4n) is 1.90. The first-order chi connectivity index (χ1) is 8.67. The number of carbonyl (C=O) groups excluding carboxylic acids is 1. The molecular formula is C15H23NO2. The molecule has 1 N–H and O–H groups in total. The molecule has 0 aliphatic carbocycles. The molecule has 100 valence electrons. The zero-order chi connectivity index (χ0) is 13.4. The minimum absolute atomic E-state index is 0.0453. The summed E-state index contributed by atoms with van der Waals surface area (Å²) < 4.78 is 5.03. The summed E-state index contributed by atoms with van der Waals surface area (Å²) in [5, 5.41) is 3.40. The average Bonchev–Trinajstić information content (AvgIpc) is 2.34. The van der Waals surface area contributed by atoms with E-state index in [1.807, 2.05) is 13.0 Å². The molecule has 0 saturated carbocycles. The van der Waals surface area contributed by atoms with Gasteiger partial charge in [-0.05, 0) is 32.4 Å². The van der Waals surface area contributed by atoms with Crippen LogP contribution in [0.2, 0.25) is 0 Å². The number of hydrogen-bond donors (Lipinski definition) is 1. The summed E-state index contributed by atoms with van der Waals surface area (Å²) >= 11 is 0. The Morgan fingerprint density at radius 1 is 1.39 bits per heavy atom. The number of benzene rings is 1. The fraction of sp³-hybridized carbons (Fsp3) is 0.533. The Morgan fingerprint density at radius 3 is 2.78 bits per heavy atom. The predicted octanol–water partition coefficient (Wildman–Crippen LogP) is 2.99. The largest absolute Gasteiger partial charge is 0.466 e. The Morgan fingerprint density at radius 2 is 2.17 bits per heavy atom. The Labute approximate surface area is 110 Å². The number of rotatable bonds is 7. The minimum atomic E-state index is -0.146. The van der Waals surface area contributed by atoms with Gasteiger partial charge in [-0.25, -0.2) is 0 Å². The van der Waals surface area contributed by atoms with Gasteiger partial charge in [0.05, 0.1) is 13.0 Å². The lowest BCUT2D eigenvalue weighted by atomic mass is 10.0. The van der Waals surface area contributed by atoms with Crippen molar-refractivity contribution in [2.24, 2.45) is 0 Å². The van der Waals surface area contributed by atoms with Crippen LogP contribution >= 0.6 is 0 Å². The summed E-state index contributed by atoms with van der Waals surface area (Å²) in [6, 6.07) is 8.30. The van der Waals surface area contributed by atoms with Crippen LogP contribution in [-0.2, 0) is 9.53 Å². The zero-order valence-corrected chi connectivity index (χ0v) is 11.5. The molecule has 1 aromatic carbocycles. The third-order valence-electron chi connectivity index (χ3n) is 2.76. The van der Waals surface area contributed by atoms with Gasteiger partial charge in [-0.1, -0.05) is 36.8 Å². The van der Waals surface area contributed by atoms with Gasteiger partial charge >= 0.3 is 5.97 Å². The molecule has 0 fully saturated rings. The molecule has 1 unspecified atom stereocenters. The van der Waals surface area contributed by atoms with E-state index in [0.29, 0.717) is 13.0 Å². The van der Waals surface area contributed by atoms with E-state index in [9.17, 15) is 4.79 Å². The van der Waals surface area contributed by atoms with Crippen LogP contribution < -0.4 is 5.32 Å². The van der Waals surface area contributed by atoms with Crippen LogP contribution in [0.25, 0.3) is 0 Å². The Kier molecular flexibility index (Phi) is 6.44. The highest BCUT2D eigenvalue weighted by Crippen LogP contribution is 2.18. The van der Waals surface area contributed by atoms with Crippen molar-refractivity contribution in [3.05, 3.63) is 35.4 Å². The average molecular weight is 249 g/mol. The molecule has 0 radical (unpaired) electrons. The molecule has 0 aliphatic heterocycles. The lowest BCUT2D eigenvalue weighted by Crippen LogP contribution is -2.25. The number of hydrogen-bond acceptors (Lipinski definition) is 3. The van der Waals surface area contributed by atoms with Gasteiger partial charge in [0.1, 0.15) is 0 Å². The first kappa shape index (κ1) is 14.7. The molecule has 0 bridgehead atoms. The summed E-state index contributed by atoms with van der Waals surface area (Å²) in [5.41, 5.74) is 2.36. The molecule has 0 amide bonds. The zero-order valence-electron chi connectivity index (χ0n) is 11.5. The molecule has 0 spiro atoms. The van der Waals surface area contributed by atoms with Crippen LogP contribution in [0.4, 0.5) is 0 Å². The van der Waals surface area contributed by atoms with Crippen LogP contribution in [0, 0.1) is 6.92 Å². The number of carbonyl (C=O) groups is 1. The predicted molar refractivity (Wildman–Crippen MR) is 73.5 cm³/mol. The minimum Gasteiger partial charge on any atom is -0.466 e. The topological polar surface area (TPSA) is 38.3 Å². The van der Waals surface area contributed by atoms with Gasteiger partial charge in [0.25, 0.3) is 0 Å². The van der Waals surface area contributed by atoms with Crippen molar-refractivity contribution in [3.8, 4) is 0 Å². The normalized spacial score (nSPS) is 12.2. The number of nitrogens with one attached hydrogen (secondary N) is 1. The molecule has 0 heterocycles. The summed E-state index contributed by atoms with van der Waals surface area (Å²) in [6.45, 7) is 7.35. The first-order valence-corrected chi connectivity index (χ1v) is 6.63. The maximum absolute atomic E-state index is 11.6. The second kappa shape index (κ2) is 7.88. The standard InChI is InChI=1S/C15H23NO2/c1-4-9-16-14(11-15(17)18-5-2)13-8-6-7-12(3)10-13/h6-8,10,14,16H,4-5,9,11H2,1-3H3. The van der Waals surface area contributed by atoms with E-state index in [1.165, 1.54) is 5.56 Å². The highest BCUT2D eigenvalue weighted by molar-refractivity contribution is 5.70. The van der Waals surface area contributed by atoms with Gasteiger partial charge in [0.2, 0.25) is 0 Å². The summed E-state index contributed by atoms with van der Waals surface area (Å²) in [6.07, 6.45) is 1.43. The molecule has 18 heavy (non-hydrogen) atoms. The van der Waals surface area contributed by atoms with Crippen molar-refractivity contribution in [1.82, 2.24) is 5.32 Å². The Balaban J connectivity index is 2.74. The van der Waals surface area contributed by atoms with Crippen molar-refractivity contribution >= 4 is 5.97 Å². The van der Waals surface area contributed by atoms with E-state index in [-0.39, 0.29) is 12.0 Å². The summed E-state index contributed by atoms with van der Waals surface area (Å²) in [4.78, 5) is 11.6. The van der Waals surface area contributed by atoms with E-state index in [0.717, 1.165) is 18.5 Å². The fourth-order valence-corrected chi connectivity index (χ4v) is 1.90. The molecule has 3 nitrogen and oxygen atoms in total. The number of ether oxygens (including phenoxy) is 1. The second-order valence-corrected chi connectivity index (χ2v) is 4.43. The molecule has 0 aromatic heterocycles. The Hall–Kier alpha value is -1.35. The van der Waals surface area contributed by atoms with Crippen LogP contribution in [0.5, 0.6) is 0 Å². The van der Waals surface area contributed by atoms with E-state index in [2.05, 4.69) is 37.4 Å². The maximum Gasteiger partial charge on any atom is 0.307 e. The Bertz CT molecular complexity index is 377. The summed E-state index contributed by atoms with van der Waals surface area (Å²) in [5.74, 6) is -0.146. The van der Waals surface area contributed by atoms with Crippen LogP contribution in [-0.4, -0.2) is 19.1 Å². The van der Waals surface area contributed by atoms with Crippen molar-refractivity contribution < 1.29 is 9.53 Å². The number of aryl methyl sites for hydroxylation is 1. The van der Waals surface area contributed by atoms with Gasteiger partial charge in [0, 0.05) is 6.04 Å². The quantitative estimate of drug-likeness (QED) is 0.755. The maximum atomic E-state index is 11.6. The molecule has 0 saturated heterocycles. The highest BCUT2D eigenvalue weighted by atomic mass is 16.5. The van der Waals surface area contributed by atoms with Crippen molar-refractivity contribution in [2.45, 2.75) is 39.7 Å². The molecule has 1 rings (SSSR count). The van der Waals surface area contributed by atoms with Crippen LogP contribution in [0.1, 0.15) is 43.9 Å². The van der Waals surface area contributed by atoms with Crippen LogP contribution in [0.15, 0.2) is 24.3 Å². The number of esters is 1. The van der Waals surface area contributed by atoms with Gasteiger partial charge in [0.15, 0.2) is 0 Å². The lowest BCUT2D eigenvalue weighted by molar-refractivity contribution is -0.143. The molecule has 1 aromatic rings. The van der Waals surface area contributed by atoms with E-state index in [1.54, 1.807) is 0 Å². The van der Waals surface area contributed by atoms with Gasteiger partial charge in [-0.3, -0.25) is 4.79 Å². The third-order valence-corrected chi connectivity index (χ3v) is 2.76. The SMILES string of the molecule is CCCNC(CC(=O)OCC)c1cccc(C)c1. The van der Waals surface area contributed by atoms with Gasteiger partial charge < -0.3 is 10.1 Å². The highest BCUT2D eigenvalue weighted by Gasteiger charge is 2.16. The monoisotopic (exact) mass is 249 g/mol. The van der Waals surface area contributed by atoms with Crippen molar-refractivity contribution in [3.63, 3.8) is 0 Å². The van der Waals surface area contributed by atoms with Gasteiger partial charge in [-0.15, -0.1) is 0 Å². The van der Waals surface area contributed by atoms with E-state index < -0.39 is 0 Å². The van der Waals surface area contributed by atoms with E-state index >= 15 is 0 Å². The third kappa shape index (κ3) is 4.88. The molecule has 3 heteroatoms. The van der Waals surface area contributed by atoms with Gasteiger partial charge in [-0.2, -0.15) is 0 Å². The molecule has 1 atom stereocenters. The summed E-state index contributed by atoms with van der Waals surface area (Å²) in [7, 11) is 0. The van der Waals surface area contributed by atoms with Crippen LogP contribution in [0.3, 0.4) is 0 Å². The smallest absolute Gasteiger partial charge is 0.307 e. The molecule has 0 aliphatic rings. The van der Waals surface area contributed by atoms with E-state index in [4.69, 9.17) is 4.74 Å². The lowest BCUT2D eigenvalue weighted by Gasteiger charge is -2.18. The van der Waals surface area contributed by atoms with Crippen molar-refractivity contribution in [1.29, 1.82) is 0 Å². The van der Waals surface area contributed by atoms with Crippen molar-refractivity contribution in [2.75, 3.05) is 13.2 Å². The second-order valence-electron chi connectivity index (χ2n) is 4.43.